The lowest BCUT2D eigenvalue weighted by atomic mass is 10.0. The van der Waals surface area contributed by atoms with Crippen molar-refractivity contribution >= 4 is 11.6 Å². The third kappa shape index (κ3) is 2.19. The van der Waals surface area contributed by atoms with Gasteiger partial charge in [0.1, 0.15) is 18.2 Å². The third-order valence-electron chi connectivity index (χ3n) is 3.46. The van der Waals surface area contributed by atoms with Crippen LogP contribution in [-0.2, 0) is 12.3 Å². The first-order valence-electron chi connectivity index (χ1n) is 6.45. The van der Waals surface area contributed by atoms with Crippen LogP contribution >= 0.6 is 11.6 Å². The minimum atomic E-state index is 0.130. The van der Waals surface area contributed by atoms with Crippen LogP contribution in [0.4, 0.5) is 0 Å². The second kappa shape index (κ2) is 5.17. The van der Waals surface area contributed by atoms with E-state index in [4.69, 9.17) is 16.3 Å². The summed E-state index contributed by atoms with van der Waals surface area (Å²) >= 11 is 5.90. The van der Waals surface area contributed by atoms with Gasteiger partial charge >= 0.3 is 0 Å². The van der Waals surface area contributed by atoms with Gasteiger partial charge in [-0.1, -0.05) is 25.1 Å². The number of fused-ring (bicyclic) bond motifs is 1. The van der Waals surface area contributed by atoms with E-state index in [0.717, 1.165) is 29.3 Å². The van der Waals surface area contributed by atoms with E-state index in [1.807, 2.05) is 24.4 Å². The summed E-state index contributed by atoms with van der Waals surface area (Å²) in [5.41, 5.74) is 3.22. The molecule has 0 saturated heterocycles. The van der Waals surface area contributed by atoms with E-state index in [1.54, 1.807) is 0 Å². The van der Waals surface area contributed by atoms with Crippen molar-refractivity contribution in [2.24, 2.45) is 0 Å². The first-order valence-corrected chi connectivity index (χ1v) is 6.99. The molecule has 0 aliphatic carbocycles. The van der Waals surface area contributed by atoms with Crippen molar-refractivity contribution in [1.29, 1.82) is 0 Å². The van der Waals surface area contributed by atoms with Gasteiger partial charge in [0.05, 0.1) is 11.8 Å². The van der Waals surface area contributed by atoms with Crippen LogP contribution in [0.2, 0.25) is 0 Å². The molecule has 1 atom stereocenters. The number of ether oxygens (including phenoxy) is 1. The highest BCUT2D eigenvalue weighted by Gasteiger charge is 2.27. The molecule has 3 nitrogen and oxygen atoms in total. The van der Waals surface area contributed by atoms with Gasteiger partial charge in [-0.2, -0.15) is 0 Å². The second-order valence-electron chi connectivity index (χ2n) is 4.59. The summed E-state index contributed by atoms with van der Waals surface area (Å²) in [6.45, 7) is 2.70. The lowest BCUT2D eigenvalue weighted by Gasteiger charge is -2.10. The zero-order chi connectivity index (χ0) is 13.2. The maximum Gasteiger partial charge on any atom is 0.139 e. The average molecular weight is 275 g/mol. The Morgan fingerprint density at radius 2 is 2.21 bits per heavy atom. The zero-order valence-electron chi connectivity index (χ0n) is 10.8. The fourth-order valence-corrected chi connectivity index (χ4v) is 2.64. The largest absolute Gasteiger partial charge is 0.492 e. The maximum absolute atomic E-state index is 5.90. The summed E-state index contributed by atoms with van der Waals surface area (Å²) in [6.07, 6.45) is 2.71. The first kappa shape index (κ1) is 12.4. The molecule has 3 rings (SSSR count). The molecule has 1 aliphatic rings. The summed E-state index contributed by atoms with van der Waals surface area (Å²) in [4.78, 5) is 9.13. The number of halogens is 1. The molecule has 1 aromatic carbocycles. The smallest absolute Gasteiger partial charge is 0.139 e. The van der Waals surface area contributed by atoms with E-state index in [1.165, 1.54) is 5.56 Å². The molecule has 0 N–H and O–H groups in total. The molecule has 0 spiro atoms. The van der Waals surface area contributed by atoms with E-state index in [0.29, 0.717) is 12.5 Å². The fraction of sp³-hybridized carbons (Fsp3) is 0.333. The van der Waals surface area contributed by atoms with Crippen molar-refractivity contribution in [2.45, 2.75) is 25.1 Å². The normalized spacial score (nSPS) is 17.1. The third-order valence-corrected chi connectivity index (χ3v) is 3.75. The van der Waals surface area contributed by atoms with Crippen LogP contribution in [0.1, 0.15) is 35.5 Å². The molecule has 1 unspecified atom stereocenters. The molecule has 2 aromatic rings. The van der Waals surface area contributed by atoms with E-state index >= 15 is 0 Å². The van der Waals surface area contributed by atoms with Crippen LogP contribution in [0.15, 0.2) is 30.5 Å². The van der Waals surface area contributed by atoms with Crippen molar-refractivity contribution < 1.29 is 4.74 Å². The van der Waals surface area contributed by atoms with Crippen LogP contribution in [0.25, 0.3) is 0 Å². The minimum absolute atomic E-state index is 0.130. The summed E-state index contributed by atoms with van der Waals surface area (Å²) in [6, 6.07) is 8.07. The SMILES string of the molecule is CCc1nc(C2COc3ccccc32)ncc1CCl. The Balaban J connectivity index is 2.00. The monoisotopic (exact) mass is 274 g/mol. The van der Waals surface area contributed by atoms with Gasteiger partial charge in [0.25, 0.3) is 0 Å². The molecule has 1 aromatic heterocycles. The first-order chi connectivity index (χ1) is 9.33. The summed E-state index contributed by atoms with van der Waals surface area (Å²) < 4.78 is 5.69. The van der Waals surface area contributed by atoms with Gasteiger partial charge in [0.15, 0.2) is 0 Å². The van der Waals surface area contributed by atoms with Gasteiger partial charge in [0, 0.05) is 23.0 Å². The molecule has 2 heterocycles. The van der Waals surface area contributed by atoms with Crippen LogP contribution in [-0.4, -0.2) is 16.6 Å². The quantitative estimate of drug-likeness (QED) is 0.806. The maximum atomic E-state index is 5.90. The van der Waals surface area contributed by atoms with E-state index in [2.05, 4.69) is 23.0 Å². The number of rotatable bonds is 3. The molecule has 4 heteroatoms. The Morgan fingerprint density at radius 1 is 1.37 bits per heavy atom. The number of hydrogen-bond donors (Lipinski definition) is 0. The van der Waals surface area contributed by atoms with E-state index in [9.17, 15) is 0 Å². The number of alkyl halides is 1. The topological polar surface area (TPSA) is 35.0 Å². The van der Waals surface area contributed by atoms with Crippen molar-refractivity contribution in [3.63, 3.8) is 0 Å². The van der Waals surface area contributed by atoms with Crippen LogP contribution in [0.3, 0.4) is 0 Å². The average Bonchev–Trinajstić information content (AvgIpc) is 2.90. The molecule has 0 bridgehead atoms. The summed E-state index contributed by atoms with van der Waals surface area (Å²) in [5.74, 6) is 2.36. The van der Waals surface area contributed by atoms with Crippen molar-refractivity contribution in [2.75, 3.05) is 6.61 Å². The Hall–Kier alpha value is -1.61. The molecule has 98 valence electrons. The number of para-hydroxylation sites is 1. The second-order valence-corrected chi connectivity index (χ2v) is 4.86. The number of benzene rings is 1. The Labute approximate surface area is 117 Å². The number of aryl methyl sites for hydroxylation is 1. The van der Waals surface area contributed by atoms with Gasteiger partial charge in [-0.3, -0.25) is 0 Å². The summed E-state index contributed by atoms with van der Waals surface area (Å²) in [5, 5.41) is 0. The molecule has 0 fully saturated rings. The minimum Gasteiger partial charge on any atom is -0.492 e. The van der Waals surface area contributed by atoms with E-state index in [-0.39, 0.29) is 5.92 Å². The number of aromatic nitrogens is 2. The van der Waals surface area contributed by atoms with Crippen LogP contribution < -0.4 is 4.74 Å². The predicted molar refractivity (Wildman–Crippen MR) is 74.7 cm³/mol. The van der Waals surface area contributed by atoms with Crippen molar-refractivity contribution in [3.8, 4) is 5.75 Å². The van der Waals surface area contributed by atoms with E-state index < -0.39 is 0 Å². The molecule has 19 heavy (non-hydrogen) atoms. The fourth-order valence-electron chi connectivity index (χ4n) is 2.42. The standard InChI is InChI=1S/C15H15ClN2O/c1-2-13-10(7-16)8-17-15(18-13)12-9-19-14-6-4-3-5-11(12)14/h3-6,8,12H,2,7,9H2,1H3. The van der Waals surface area contributed by atoms with Crippen LogP contribution in [0, 0.1) is 0 Å². The molecule has 0 amide bonds. The highest BCUT2D eigenvalue weighted by Crippen LogP contribution is 2.36. The lowest BCUT2D eigenvalue weighted by Crippen LogP contribution is -2.10. The highest BCUT2D eigenvalue weighted by molar-refractivity contribution is 6.17. The number of hydrogen-bond acceptors (Lipinski definition) is 3. The molecule has 0 saturated carbocycles. The van der Waals surface area contributed by atoms with Crippen LogP contribution in [0.5, 0.6) is 5.75 Å². The van der Waals surface area contributed by atoms with Gasteiger partial charge in [-0.15, -0.1) is 11.6 Å². The highest BCUT2D eigenvalue weighted by atomic mass is 35.5. The van der Waals surface area contributed by atoms with Gasteiger partial charge in [-0.05, 0) is 12.5 Å². The van der Waals surface area contributed by atoms with Gasteiger partial charge in [-0.25, -0.2) is 9.97 Å². The Bertz CT molecular complexity index is 600. The number of nitrogens with zero attached hydrogens (tertiary/aromatic N) is 2. The van der Waals surface area contributed by atoms with Crippen molar-refractivity contribution in [3.05, 3.63) is 53.1 Å². The Morgan fingerprint density at radius 3 is 3.00 bits per heavy atom. The van der Waals surface area contributed by atoms with Gasteiger partial charge < -0.3 is 4.74 Å². The Kier molecular flexibility index (Phi) is 3.38. The molecule has 0 radical (unpaired) electrons. The molecule has 1 aliphatic heterocycles. The molecular formula is C15H15ClN2O. The van der Waals surface area contributed by atoms with Crippen molar-refractivity contribution in [1.82, 2.24) is 9.97 Å². The summed E-state index contributed by atoms with van der Waals surface area (Å²) in [7, 11) is 0. The zero-order valence-corrected chi connectivity index (χ0v) is 11.5. The van der Waals surface area contributed by atoms with Gasteiger partial charge in [0.2, 0.25) is 0 Å². The lowest BCUT2D eigenvalue weighted by molar-refractivity contribution is 0.339. The predicted octanol–water partition coefficient (Wildman–Crippen LogP) is 3.30. The molecular weight excluding hydrogens is 260 g/mol.